The van der Waals surface area contributed by atoms with Gasteiger partial charge in [0.1, 0.15) is 11.6 Å². The molecular weight excluding hydrogens is 152 g/mol. The van der Waals surface area contributed by atoms with Crippen LogP contribution in [0, 0.1) is 11.3 Å². The molecule has 2 aromatic heterocycles. The molecule has 0 unspecified atom stereocenters. The molecule has 4 nitrogen and oxygen atoms in total. The zero-order valence-electron chi connectivity index (χ0n) is 6.20. The van der Waals surface area contributed by atoms with Gasteiger partial charge in [-0.2, -0.15) is 5.26 Å². The third kappa shape index (κ3) is 0.736. The zero-order valence-corrected chi connectivity index (χ0v) is 6.20. The Morgan fingerprint density at radius 2 is 2.42 bits per heavy atom. The molecule has 3 N–H and O–H groups in total. The van der Waals surface area contributed by atoms with E-state index in [2.05, 4.69) is 16.0 Å². The van der Waals surface area contributed by atoms with Crippen molar-refractivity contribution in [1.82, 2.24) is 9.97 Å². The monoisotopic (exact) mass is 158 g/mol. The molecule has 0 saturated carbocycles. The highest BCUT2D eigenvalue weighted by atomic mass is 14.8. The largest absolute Gasteiger partial charge is 0.396 e. The van der Waals surface area contributed by atoms with Crippen LogP contribution in [0.1, 0.15) is 5.56 Å². The molecule has 2 rings (SSSR count). The average Bonchev–Trinajstić information content (AvgIpc) is 2.48. The summed E-state index contributed by atoms with van der Waals surface area (Å²) in [5, 5.41) is 8.71. The maximum absolute atomic E-state index is 8.71. The number of nitrogens with two attached hydrogens (primary N) is 1. The highest BCUT2D eigenvalue weighted by Gasteiger charge is 2.04. The molecule has 0 fully saturated rings. The van der Waals surface area contributed by atoms with E-state index in [0.29, 0.717) is 22.3 Å². The van der Waals surface area contributed by atoms with Crippen LogP contribution in [-0.2, 0) is 0 Å². The number of nitrogens with zero attached hydrogens (tertiary/aromatic N) is 2. The third-order valence-corrected chi connectivity index (χ3v) is 1.72. The first-order valence-electron chi connectivity index (χ1n) is 3.44. The fourth-order valence-corrected chi connectivity index (χ4v) is 1.14. The number of H-pyrrole nitrogens is 1. The van der Waals surface area contributed by atoms with Gasteiger partial charge in [-0.05, 0) is 6.07 Å². The van der Waals surface area contributed by atoms with Crippen molar-refractivity contribution in [2.45, 2.75) is 0 Å². The van der Waals surface area contributed by atoms with Crippen LogP contribution in [0.4, 0.5) is 5.69 Å². The van der Waals surface area contributed by atoms with Gasteiger partial charge in [0.05, 0.1) is 16.8 Å². The Labute approximate surface area is 68.6 Å². The van der Waals surface area contributed by atoms with Gasteiger partial charge in [-0.3, -0.25) is 4.98 Å². The number of fused-ring (bicyclic) bond motifs is 1. The van der Waals surface area contributed by atoms with Crippen LogP contribution in [0.5, 0.6) is 0 Å². The highest BCUT2D eigenvalue weighted by molar-refractivity contribution is 5.90. The Bertz CT molecular complexity index is 463. The minimum atomic E-state index is 0.566. The minimum Gasteiger partial charge on any atom is -0.396 e. The fourth-order valence-electron chi connectivity index (χ4n) is 1.14. The summed E-state index contributed by atoms with van der Waals surface area (Å²) in [6.07, 6.45) is 3.21. The summed E-state index contributed by atoms with van der Waals surface area (Å²) in [5.74, 6) is 0. The summed E-state index contributed by atoms with van der Waals surface area (Å²) in [6, 6.07) is 3.71. The van der Waals surface area contributed by atoms with Crippen LogP contribution in [0.15, 0.2) is 18.5 Å². The standard InChI is InChI=1S/C8H6N4/c9-3-5-1-2-11-8-6(10)4-12-7(5)8/h1-2,4,12H,10H2. The lowest BCUT2D eigenvalue weighted by Gasteiger charge is -1.91. The number of hydrogen-bond acceptors (Lipinski definition) is 3. The molecular formula is C8H6N4. The molecule has 0 aromatic carbocycles. The minimum absolute atomic E-state index is 0.566. The molecule has 0 aliphatic carbocycles. The van der Waals surface area contributed by atoms with E-state index in [1.165, 1.54) is 0 Å². The number of anilines is 1. The number of nitrogens with one attached hydrogen (secondary N) is 1. The molecule has 0 atom stereocenters. The fraction of sp³-hybridized carbons (Fsp3) is 0. The molecule has 0 aliphatic heterocycles. The molecule has 58 valence electrons. The van der Waals surface area contributed by atoms with E-state index in [9.17, 15) is 0 Å². The smallest absolute Gasteiger partial charge is 0.112 e. The topological polar surface area (TPSA) is 78.5 Å². The normalized spacial score (nSPS) is 9.92. The van der Waals surface area contributed by atoms with E-state index in [0.717, 1.165) is 0 Å². The third-order valence-electron chi connectivity index (χ3n) is 1.72. The van der Waals surface area contributed by atoms with Gasteiger partial charge in [0.15, 0.2) is 0 Å². The maximum Gasteiger partial charge on any atom is 0.112 e. The number of pyridine rings is 1. The number of nitrogen functional groups attached to an aromatic ring is 1. The molecule has 0 bridgehead atoms. The van der Waals surface area contributed by atoms with E-state index in [-0.39, 0.29) is 0 Å². The van der Waals surface area contributed by atoms with Crippen molar-refractivity contribution in [3.63, 3.8) is 0 Å². The van der Waals surface area contributed by atoms with Crippen molar-refractivity contribution in [3.8, 4) is 6.07 Å². The van der Waals surface area contributed by atoms with Crippen molar-refractivity contribution in [3.05, 3.63) is 24.0 Å². The van der Waals surface area contributed by atoms with Crippen molar-refractivity contribution in [2.75, 3.05) is 5.73 Å². The number of aromatic amines is 1. The van der Waals surface area contributed by atoms with Gasteiger partial charge in [0.2, 0.25) is 0 Å². The molecule has 0 aliphatic rings. The van der Waals surface area contributed by atoms with Gasteiger partial charge in [-0.1, -0.05) is 0 Å². The molecule has 0 radical (unpaired) electrons. The van der Waals surface area contributed by atoms with Crippen LogP contribution in [-0.4, -0.2) is 9.97 Å². The first kappa shape index (κ1) is 6.68. The van der Waals surface area contributed by atoms with E-state index in [4.69, 9.17) is 11.0 Å². The number of nitriles is 1. The van der Waals surface area contributed by atoms with Crippen LogP contribution in [0.25, 0.3) is 11.0 Å². The van der Waals surface area contributed by atoms with Gasteiger partial charge in [-0.15, -0.1) is 0 Å². The van der Waals surface area contributed by atoms with Crippen molar-refractivity contribution in [1.29, 1.82) is 5.26 Å². The van der Waals surface area contributed by atoms with Crippen LogP contribution < -0.4 is 5.73 Å². The molecule has 0 saturated heterocycles. The molecule has 0 spiro atoms. The molecule has 0 amide bonds. The van der Waals surface area contributed by atoms with E-state index in [1.54, 1.807) is 18.5 Å². The lowest BCUT2D eigenvalue weighted by molar-refractivity contribution is 1.38. The summed E-state index contributed by atoms with van der Waals surface area (Å²) >= 11 is 0. The van der Waals surface area contributed by atoms with E-state index >= 15 is 0 Å². The zero-order chi connectivity index (χ0) is 8.55. The predicted molar refractivity (Wildman–Crippen MR) is 45.2 cm³/mol. The summed E-state index contributed by atoms with van der Waals surface area (Å²) < 4.78 is 0. The lowest BCUT2D eigenvalue weighted by Crippen LogP contribution is -1.84. The number of hydrogen-bond donors (Lipinski definition) is 2. The van der Waals surface area contributed by atoms with E-state index in [1.807, 2.05) is 0 Å². The van der Waals surface area contributed by atoms with Crippen molar-refractivity contribution in [2.24, 2.45) is 0 Å². The predicted octanol–water partition coefficient (Wildman–Crippen LogP) is 1.02. The number of rotatable bonds is 0. The van der Waals surface area contributed by atoms with E-state index < -0.39 is 0 Å². The quantitative estimate of drug-likeness (QED) is 0.600. The Morgan fingerprint density at radius 1 is 1.58 bits per heavy atom. The lowest BCUT2D eigenvalue weighted by atomic mass is 10.2. The highest BCUT2D eigenvalue weighted by Crippen LogP contribution is 2.19. The first-order valence-corrected chi connectivity index (χ1v) is 3.44. The second-order valence-corrected chi connectivity index (χ2v) is 2.44. The van der Waals surface area contributed by atoms with Crippen LogP contribution in [0.2, 0.25) is 0 Å². The molecule has 12 heavy (non-hydrogen) atoms. The summed E-state index contributed by atoms with van der Waals surface area (Å²) in [4.78, 5) is 6.94. The average molecular weight is 158 g/mol. The van der Waals surface area contributed by atoms with Gasteiger partial charge < -0.3 is 10.7 Å². The summed E-state index contributed by atoms with van der Waals surface area (Å²) in [7, 11) is 0. The second-order valence-electron chi connectivity index (χ2n) is 2.44. The SMILES string of the molecule is N#Cc1ccnc2c(N)c[nH]c12. The van der Waals surface area contributed by atoms with Gasteiger partial charge in [0, 0.05) is 12.4 Å². The van der Waals surface area contributed by atoms with Crippen molar-refractivity contribution >= 4 is 16.7 Å². The Kier molecular flexibility index (Phi) is 1.25. The second kappa shape index (κ2) is 2.24. The molecule has 2 heterocycles. The van der Waals surface area contributed by atoms with Gasteiger partial charge >= 0.3 is 0 Å². The Hall–Kier alpha value is -2.02. The van der Waals surface area contributed by atoms with Crippen LogP contribution >= 0.6 is 0 Å². The summed E-state index contributed by atoms with van der Waals surface area (Å²) in [6.45, 7) is 0. The molecule has 4 heteroatoms. The van der Waals surface area contributed by atoms with Gasteiger partial charge in [-0.25, -0.2) is 0 Å². The molecule has 2 aromatic rings. The van der Waals surface area contributed by atoms with Gasteiger partial charge in [0.25, 0.3) is 0 Å². The first-order chi connectivity index (χ1) is 5.83. The van der Waals surface area contributed by atoms with Crippen LogP contribution in [0.3, 0.4) is 0 Å². The Morgan fingerprint density at radius 3 is 3.17 bits per heavy atom. The van der Waals surface area contributed by atoms with Crippen molar-refractivity contribution < 1.29 is 0 Å². The summed E-state index contributed by atoms with van der Waals surface area (Å²) in [5.41, 5.74) is 8.10. The maximum atomic E-state index is 8.71. The Balaban J connectivity index is 2.92. The number of aromatic nitrogens is 2.